The SMILES string of the molecule is O=C(N[C@H]1CCCCNC1=O)c1nc[nH]c1C(=O)NCc1ccccn1. The summed E-state index contributed by atoms with van der Waals surface area (Å²) in [6.45, 7) is 0.833. The first-order valence-electron chi connectivity index (χ1n) is 8.45. The third-order valence-electron chi connectivity index (χ3n) is 4.08. The highest BCUT2D eigenvalue weighted by atomic mass is 16.2. The van der Waals surface area contributed by atoms with Crippen LogP contribution in [0.1, 0.15) is 45.9 Å². The van der Waals surface area contributed by atoms with Crippen LogP contribution in [0.25, 0.3) is 0 Å². The second-order valence-corrected chi connectivity index (χ2v) is 5.94. The van der Waals surface area contributed by atoms with E-state index in [1.54, 1.807) is 18.3 Å². The molecule has 4 N–H and O–H groups in total. The van der Waals surface area contributed by atoms with E-state index in [0.717, 1.165) is 12.8 Å². The monoisotopic (exact) mass is 356 g/mol. The first-order chi connectivity index (χ1) is 12.6. The molecule has 2 aromatic rings. The Balaban J connectivity index is 1.64. The van der Waals surface area contributed by atoms with Crippen LogP contribution in [-0.2, 0) is 11.3 Å². The molecule has 3 rings (SSSR count). The predicted molar refractivity (Wildman–Crippen MR) is 92.1 cm³/mol. The Morgan fingerprint density at radius 3 is 2.88 bits per heavy atom. The summed E-state index contributed by atoms with van der Waals surface area (Å²) in [4.78, 5) is 47.5. The highest BCUT2D eigenvalue weighted by Gasteiger charge is 2.26. The molecule has 1 aliphatic heterocycles. The van der Waals surface area contributed by atoms with Crippen LogP contribution in [0.4, 0.5) is 0 Å². The second-order valence-electron chi connectivity index (χ2n) is 5.94. The molecule has 9 heteroatoms. The summed E-state index contributed by atoms with van der Waals surface area (Å²) < 4.78 is 0. The number of carbonyl (C=O) groups is 3. The third kappa shape index (κ3) is 4.24. The summed E-state index contributed by atoms with van der Waals surface area (Å²) in [5.41, 5.74) is 0.703. The van der Waals surface area contributed by atoms with Crippen molar-refractivity contribution in [3.8, 4) is 0 Å². The van der Waals surface area contributed by atoms with Gasteiger partial charge in [0.25, 0.3) is 11.8 Å². The molecule has 0 radical (unpaired) electrons. The molecule has 9 nitrogen and oxygen atoms in total. The maximum absolute atomic E-state index is 12.5. The molecule has 1 fully saturated rings. The van der Waals surface area contributed by atoms with Crippen LogP contribution >= 0.6 is 0 Å². The van der Waals surface area contributed by atoms with Crippen LogP contribution in [0, 0.1) is 0 Å². The molecule has 0 unspecified atom stereocenters. The van der Waals surface area contributed by atoms with E-state index in [4.69, 9.17) is 0 Å². The number of hydrogen-bond donors (Lipinski definition) is 4. The fourth-order valence-electron chi connectivity index (χ4n) is 2.71. The molecule has 0 bridgehead atoms. The number of H-pyrrole nitrogens is 1. The van der Waals surface area contributed by atoms with E-state index in [9.17, 15) is 14.4 Å². The van der Waals surface area contributed by atoms with Crippen LogP contribution in [0.2, 0.25) is 0 Å². The zero-order chi connectivity index (χ0) is 18.4. The van der Waals surface area contributed by atoms with Crippen molar-refractivity contribution in [1.29, 1.82) is 0 Å². The molecule has 0 aromatic carbocycles. The van der Waals surface area contributed by atoms with Gasteiger partial charge in [0.05, 0.1) is 18.6 Å². The zero-order valence-electron chi connectivity index (χ0n) is 14.1. The molecule has 1 aliphatic rings. The topological polar surface area (TPSA) is 129 Å². The standard InChI is InChI=1S/C17H20N6O3/c24-15-12(6-2-4-8-19-15)23-17(26)14-13(21-10-22-14)16(25)20-9-11-5-1-3-7-18-11/h1,3,5,7,10,12H,2,4,6,8-9H2,(H,19,24)(H,20,25)(H,21,22)(H,23,26)/t12-/m0/s1. The van der Waals surface area contributed by atoms with Crippen molar-refractivity contribution >= 4 is 17.7 Å². The van der Waals surface area contributed by atoms with Crippen molar-refractivity contribution in [3.63, 3.8) is 0 Å². The van der Waals surface area contributed by atoms with E-state index >= 15 is 0 Å². The van der Waals surface area contributed by atoms with E-state index in [0.29, 0.717) is 18.7 Å². The Labute approximate surface area is 150 Å². The maximum atomic E-state index is 12.5. The summed E-state index contributed by atoms with van der Waals surface area (Å²) in [7, 11) is 0. The lowest BCUT2D eigenvalue weighted by atomic mass is 10.1. The minimum Gasteiger partial charge on any atom is -0.354 e. The number of aromatic amines is 1. The fourth-order valence-corrected chi connectivity index (χ4v) is 2.71. The molecule has 0 spiro atoms. The van der Waals surface area contributed by atoms with E-state index in [2.05, 4.69) is 30.9 Å². The van der Waals surface area contributed by atoms with Crippen molar-refractivity contribution in [3.05, 3.63) is 47.8 Å². The van der Waals surface area contributed by atoms with Crippen LogP contribution in [0.15, 0.2) is 30.7 Å². The number of imidazole rings is 1. The van der Waals surface area contributed by atoms with Gasteiger partial charge in [-0.3, -0.25) is 19.4 Å². The van der Waals surface area contributed by atoms with Crippen LogP contribution in [0.3, 0.4) is 0 Å². The molecule has 136 valence electrons. The van der Waals surface area contributed by atoms with Crippen molar-refractivity contribution in [2.24, 2.45) is 0 Å². The third-order valence-corrected chi connectivity index (χ3v) is 4.08. The van der Waals surface area contributed by atoms with Gasteiger partial charge in [-0.15, -0.1) is 0 Å². The number of hydrogen-bond acceptors (Lipinski definition) is 5. The Hall–Kier alpha value is -3.23. The lowest BCUT2D eigenvalue weighted by Crippen LogP contribution is -2.46. The summed E-state index contributed by atoms with van der Waals surface area (Å²) in [5.74, 6) is -1.24. The minimum atomic E-state index is -0.619. The predicted octanol–water partition coefficient (Wildman–Crippen LogP) is 0.133. The normalized spacial score (nSPS) is 17.1. The maximum Gasteiger partial charge on any atom is 0.272 e. The molecule has 3 amide bonds. The highest BCUT2D eigenvalue weighted by molar-refractivity contribution is 6.05. The molecule has 0 aliphatic carbocycles. The van der Waals surface area contributed by atoms with Gasteiger partial charge in [0.15, 0.2) is 5.69 Å². The van der Waals surface area contributed by atoms with Crippen LogP contribution < -0.4 is 16.0 Å². The Kier molecular flexibility index (Phi) is 5.57. The average Bonchev–Trinajstić information content (AvgIpc) is 3.07. The number of aromatic nitrogens is 3. The molecular formula is C17H20N6O3. The molecule has 2 aromatic heterocycles. The number of amides is 3. The molecule has 26 heavy (non-hydrogen) atoms. The van der Waals surface area contributed by atoms with Gasteiger partial charge in [0, 0.05) is 12.7 Å². The average molecular weight is 356 g/mol. The van der Waals surface area contributed by atoms with Crippen LogP contribution in [0.5, 0.6) is 0 Å². The molecule has 1 atom stereocenters. The molecule has 1 saturated heterocycles. The first kappa shape index (κ1) is 17.6. The zero-order valence-corrected chi connectivity index (χ0v) is 14.1. The summed E-state index contributed by atoms with van der Waals surface area (Å²) in [6, 6.07) is 4.77. The van der Waals surface area contributed by atoms with Gasteiger partial charge in [0.1, 0.15) is 11.7 Å². The first-order valence-corrected chi connectivity index (χ1v) is 8.45. The van der Waals surface area contributed by atoms with E-state index in [1.165, 1.54) is 6.33 Å². The van der Waals surface area contributed by atoms with Gasteiger partial charge in [-0.25, -0.2) is 4.98 Å². The number of pyridine rings is 1. The quantitative estimate of drug-likeness (QED) is 0.605. The lowest BCUT2D eigenvalue weighted by Gasteiger charge is -2.14. The smallest absolute Gasteiger partial charge is 0.272 e. The van der Waals surface area contributed by atoms with Gasteiger partial charge in [-0.1, -0.05) is 6.07 Å². The van der Waals surface area contributed by atoms with Crippen molar-refractivity contribution in [2.45, 2.75) is 31.8 Å². The summed E-state index contributed by atoms with van der Waals surface area (Å²) in [6.07, 6.45) is 5.18. The Bertz CT molecular complexity index is 789. The Morgan fingerprint density at radius 2 is 2.08 bits per heavy atom. The van der Waals surface area contributed by atoms with Gasteiger partial charge < -0.3 is 20.9 Å². The number of rotatable bonds is 5. The van der Waals surface area contributed by atoms with Gasteiger partial charge >= 0.3 is 0 Å². The number of carbonyl (C=O) groups excluding carboxylic acids is 3. The van der Waals surface area contributed by atoms with Crippen molar-refractivity contribution < 1.29 is 14.4 Å². The summed E-state index contributed by atoms with van der Waals surface area (Å²) in [5, 5.41) is 8.09. The summed E-state index contributed by atoms with van der Waals surface area (Å²) >= 11 is 0. The van der Waals surface area contributed by atoms with Gasteiger partial charge in [-0.2, -0.15) is 0 Å². The van der Waals surface area contributed by atoms with Crippen molar-refractivity contribution in [1.82, 2.24) is 30.9 Å². The van der Waals surface area contributed by atoms with E-state index < -0.39 is 17.9 Å². The van der Waals surface area contributed by atoms with Gasteiger partial charge in [-0.05, 0) is 31.4 Å². The lowest BCUT2D eigenvalue weighted by molar-refractivity contribution is -0.122. The number of nitrogens with zero attached hydrogens (tertiary/aromatic N) is 2. The van der Waals surface area contributed by atoms with Crippen LogP contribution in [-0.4, -0.2) is 45.3 Å². The molecule has 0 saturated carbocycles. The van der Waals surface area contributed by atoms with Gasteiger partial charge in [0.2, 0.25) is 5.91 Å². The van der Waals surface area contributed by atoms with E-state index in [1.807, 2.05) is 6.07 Å². The molecule has 3 heterocycles. The van der Waals surface area contributed by atoms with E-state index in [-0.39, 0.29) is 23.8 Å². The minimum absolute atomic E-state index is 0.0411. The highest BCUT2D eigenvalue weighted by Crippen LogP contribution is 2.08. The second kappa shape index (κ2) is 8.24. The van der Waals surface area contributed by atoms with Crippen molar-refractivity contribution in [2.75, 3.05) is 6.54 Å². The Morgan fingerprint density at radius 1 is 1.19 bits per heavy atom. The fraction of sp³-hybridized carbons (Fsp3) is 0.353. The number of nitrogens with one attached hydrogen (secondary N) is 4. The largest absolute Gasteiger partial charge is 0.354 e. The molecular weight excluding hydrogens is 336 g/mol.